The first-order chi connectivity index (χ1) is 19.8. The molecule has 1 unspecified atom stereocenters. The molecule has 1 aromatic carbocycles. The van der Waals surface area contributed by atoms with E-state index < -0.39 is 64.5 Å². The van der Waals surface area contributed by atoms with Gasteiger partial charge in [-0.1, -0.05) is 57.7 Å². The summed E-state index contributed by atoms with van der Waals surface area (Å²) in [6, 6.07) is 9.59. The van der Waals surface area contributed by atoms with Gasteiger partial charge >= 0.3 is 11.9 Å². The van der Waals surface area contributed by atoms with E-state index in [4.69, 9.17) is 9.47 Å². The molecule has 0 aromatic heterocycles. The van der Waals surface area contributed by atoms with Crippen molar-refractivity contribution in [3.05, 3.63) is 59.2 Å². The number of ketones is 1. The van der Waals surface area contributed by atoms with Crippen LogP contribution in [0.2, 0.25) is 0 Å². The van der Waals surface area contributed by atoms with E-state index in [-0.39, 0.29) is 49.3 Å². The van der Waals surface area contributed by atoms with Crippen molar-refractivity contribution in [3.63, 3.8) is 0 Å². The number of Topliss-reactive ketones (excluding diaryl/α,β-unsaturated/α-hetero) is 1. The van der Waals surface area contributed by atoms with E-state index in [0.717, 1.165) is 5.56 Å². The Balaban J connectivity index is 0.00000529. The molecule has 0 aliphatic heterocycles. The molecule has 8 atom stereocenters. The summed E-state index contributed by atoms with van der Waals surface area (Å²) < 4.78 is 12.2. The Morgan fingerprint density at radius 2 is 1.66 bits per heavy atom. The van der Waals surface area contributed by atoms with Gasteiger partial charge in [0.05, 0.1) is 27.2 Å². The average molecular weight is 726 g/mol. The predicted molar refractivity (Wildman–Crippen MR) is 160 cm³/mol. The van der Waals surface area contributed by atoms with E-state index >= 15 is 0 Å². The fourth-order valence-electron chi connectivity index (χ4n) is 7.89. The van der Waals surface area contributed by atoms with Crippen molar-refractivity contribution in [2.45, 2.75) is 96.4 Å². The lowest BCUT2D eigenvalue weighted by atomic mass is 9.48. The first kappa shape index (κ1) is 36.3. The van der Waals surface area contributed by atoms with Crippen LogP contribution in [0.1, 0.15) is 71.9 Å². The minimum atomic E-state index is -1.97. The van der Waals surface area contributed by atoms with Gasteiger partial charge in [0, 0.05) is 35.7 Å². The normalized spacial score (nSPS) is 34.1. The summed E-state index contributed by atoms with van der Waals surface area (Å²) in [6.45, 7) is 12.2. The Labute approximate surface area is 277 Å². The molecule has 9 nitrogen and oxygen atoms in total. The number of benzene rings is 1. The van der Waals surface area contributed by atoms with Crippen molar-refractivity contribution in [2.24, 2.45) is 16.7 Å². The van der Waals surface area contributed by atoms with E-state index in [1.54, 1.807) is 27.7 Å². The maximum Gasteiger partial charge on any atom is 0.312 e. The molecule has 3 aliphatic rings. The molecule has 244 valence electrons. The predicted octanol–water partition coefficient (Wildman–Crippen LogP) is 0.426. The summed E-state index contributed by atoms with van der Waals surface area (Å²) in [5.74, 6) is -2.45. The second-order valence-electron chi connectivity index (χ2n) is 14.4. The van der Waals surface area contributed by atoms with Crippen LogP contribution < -0.4 is 24.0 Å². The van der Waals surface area contributed by atoms with Gasteiger partial charge in [-0.05, 0) is 36.5 Å². The number of esters is 2. The number of rotatable bonds is 6. The van der Waals surface area contributed by atoms with Crippen LogP contribution in [-0.2, 0) is 23.9 Å². The van der Waals surface area contributed by atoms with Crippen LogP contribution in [0.3, 0.4) is 0 Å². The number of aliphatic hydroxyl groups is 3. The smallest absolute Gasteiger partial charge is 0.312 e. The van der Waals surface area contributed by atoms with E-state index in [0.29, 0.717) is 27.6 Å². The molecule has 0 spiro atoms. The Hall–Kier alpha value is -2.12. The van der Waals surface area contributed by atoms with Crippen LogP contribution in [0.5, 0.6) is 0 Å². The summed E-state index contributed by atoms with van der Waals surface area (Å²) in [7, 11) is 6.04. The highest BCUT2D eigenvalue weighted by Gasteiger charge is 2.67. The fraction of sp³-hybridized carbons (Fsp3) is 0.618. The number of ether oxygens (including phenoxy) is 2. The highest BCUT2D eigenvalue weighted by atomic mass is 127. The molecule has 2 fully saturated rings. The Bertz CT molecular complexity index is 1330. The Morgan fingerprint density at radius 1 is 1.07 bits per heavy atom. The van der Waals surface area contributed by atoms with Gasteiger partial charge in [-0.3, -0.25) is 14.4 Å². The molecular weight excluding hydrogens is 677 g/mol. The maximum absolute atomic E-state index is 13.4. The van der Waals surface area contributed by atoms with Gasteiger partial charge in [-0.25, -0.2) is 0 Å². The molecule has 44 heavy (non-hydrogen) atoms. The summed E-state index contributed by atoms with van der Waals surface area (Å²) in [4.78, 5) is 39.0. The molecule has 4 rings (SSSR count). The van der Waals surface area contributed by atoms with Gasteiger partial charge in [0.2, 0.25) is 0 Å². The SMILES string of the molecule is C=C1[C@@H](OC(=O)CC(c2ccccc2)[N+](C)(C)C)CC[C@@]2(C)[C@@H](O)[C@H](OC(C)=O)C3=C(C)C(=O)C[C@@](O)([C@@H](O)[C@H]12)C3(C)C.[I-]. The van der Waals surface area contributed by atoms with Gasteiger partial charge in [0.1, 0.15) is 30.3 Å². The largest absolute Gasteiger partial charge is 1.00 e. The number of carbonyl (C=O) groups excluding carboxylic acids is 3. The average Bonchev–Trinajstić information content (AvgIpc) is 2.90. The Morgan fingerprint density at radius 3 is 2.20 bits per heavy atom. The monoisotopic (exact) mass is 725 g/mol. The summed E-state index contributed by atoms with van der Waals surface area (Å²) >= 11 is 0. The molecular formula is C34H48INO8. The molecule has 0 radical (unpaired) electrons. The lowest BCUT2D eigenvalue weighted by Crippen LogP contribution is -3.00. The first-order valence-corrected chi connectivity index (χ1v) is 15.0. The Kier molecular flexibility index (Phi) is 10.4. The number of aliphatic hydroxyl groups excluding tert-OH is 2. The first-order valence-electron chi connectivity index (χ1n) is 15.0. The van der Waals surface area contributed by atoms with Crippen molar-refractivity contribution in [1.29, 1.82) is 0 Å². The zero-order valence-corrected chi connectivity index (χ0v) is 29.3. The number of hydrogen-bond donors (Lipinski definition) is 3. The molecule has 10 heteroatoms. The van der Waals surface area contributed by atoms with Crippen molar-refractivity contribution in [1.82, 2.24) is 0 Å². The molecule has 0 amide bonds. The lowest BCUT2D eigenvalue weighted by Gasteiger charge is -2.61. The summed E-state index contributed by atoms with van der Waals surface area (Å²) in [5.41, 5.74) is -2.40. The third kappa shape index (κ3) is 6.04. The molecule has 2 saturated carbocycles. The van der Waals surface area contributed by atoms with Gasteiger partial charge in [0.25, 0.3) is 0 Å². The highest BCUT2D eigenvalue weighted by molar-refractivity contribution is 5.98. The summed E-state index contributed by atoms with van der Waals surface area (Å²) in [5, 5.41) is 36.3. The zero-order chi connectivity index (χ0) is 32.3. The van der Waals surface area contributed by atoms with E-state index in [2.05, 4.69) is 6.58 Å². The van der Waals surface area contributed by atoms with Crippen LogP contribution >= 0.6 is 0 Å². The van der Waals surface area contributed by atoms with Gasteiger partial charge in [-0.2, -0.15) is 0 Å². The van der Waals surface area contributed by atoms with Crippen molar-refractivity contribution >= 4 is 17.7 Å². The van der Waals surface area contributed by atoms with Crippen LogP contribution in [0.4, 0.5) is 0 Å². The number of carbonyl (C=O) groups is 3. The van der Waals surface area contributed by atoms with Crippen LogP contribution in [-0.4, -0.2) is 88.7 Å². The topological polar surface area (TPSA) is 130 Å². The lowest BCUT2D eigenvalue weighted by molar-refractivity contribution is -0.901. The maximum atomic E-state index is 13.4. The molecule has 0 saturated heterocycles. The third-order valence-corrected chi connectivity index (χ3v) is 10.6. The van der Waals surface area contributed by atoms with Crippen LogP contribution in [0.25, 0.3) is 0 Å². The van der Waals surface area contributed by atoms with E-state index in [1.807, 2.05) is 51.5 Å². The van der Waals surface area contributed by atoms with Gasteiger partial charge in [-0.15, -0.1) is 0 Å². The standard InChI is InChI=1S/C34H48NO8.HI/c1-19-24(37)18-34(41)30(39)28-20(2)25(43-26(38)17-23(35(7,8)9)22-13-11-10-12-14-22)15-16-33(28,6)31(40)29(42-21(3)36)27(19)32(34,4)5;/h10-14,23,25,28-31,39-41H,2,15-18H2,1,3-9H3;1H/q+1;/p-1/t23?,25-,28-,29+,30-,31-,33+,34+;/m0./s1. The number of fused-ring (bicyclic) bond motifs is 3. The number of hydrogen-bond acceptors (Lipinski definition) is 8. The van der Waals surface area contributed by atoms with Crippen molar-refractivity contribution in [3.8, 4) is 0 Å². The van der Waals surface area contributed by atoms with Crippen molar-refractivity contribution < 1.29 is 67.6 Å². The van der Waals surface area contributed by atoms with Crippen LogP contribution in [0.15, 0.2) is 53.6 Å². The molecule has 3 aliphatic carbocycles. The van der Waals surface area contributed by atoms with Gasteiger partial charge in [0.15, 0.2) is 11.9 Å². The third-order valence-electron chi connectivity index (χ3n) is 10.6. The van der Waals surface area contributed by atoms with Gasteiger partial charge < -0.3 is 53.3 Å². The number of nitrogens with zero attached hydrogens (tertiary/aromatic N) is 1. The second kappa shape index (κ2) is 12.6. The highest BCUT2D eigenvalue weighted by Crippen LogP contribution is 2.60. The van der Waals surface area contributed by atoms with Crippen molar-refractivity contribution in [2.75, 3.05) is 21.1 Å². The number of allylic oxidation sites excluding steroid dienone is 1. The molecule has 3 N–H and O–H groups in total. The zero-order valence-electron chi connectivity index (χ0n) is 27.1. The molecule has 1 aromatic rings. The number of quaternary nitrogens is 1. The van der Waals surface area contributed by atoms with E-state index in [1.165, 1.54) is 6.92 Å². The fourth-order valence-corrected chi connectivity index (χ4v) is 7.89. The van der Waals surface area contributed by atoms with E-state index in [9.17, 15) is 29.7 Å². The minimum absolute atomic E-state index is 0. The number of halogens is 1. The molecule has 0 heterocycles. The minimum Gasteiger partial charge on any atom is -1.00 e. The second-order valence-corrected chi connectivity index (χ2v) is 14.4. The van der Waals surface area contributed by atoms with Crippen LogP contribution in [0, 0.1) is 16.7 Å². The quantitative estimate of drug-likeness (QED) is 0.167. The molecule has 2 bridgehead atoms. The summed E-state index contributed by atoms with van der Waals surface area (Å²) in [6.07, 6.45) is -4.55.